The maximum absolute atomic E-state index is 4.91. The Kier molecular flexibility index (Phi) is 4.21. The van der Waals surface area contributed by atoms with Crippen LogP contribution in [-0.2, 0) is 6.54 Å². The molecule has 1 saturated heterocycles. The Bertz CT molecular complexity index is 497. The summed E-state index contributed by atoms with van der Waals surface area (Å²) in [5.74, 6) is 3.08. The van der Waals surface area contributed by atoms with E-state index in [1.807, 2.05) is 0 Å². The molecule has 21 heavy (non-hydrogen) atoms. The molecule has 1 aromatic heterocycles. The van der Waals surface area contributed by atoms with E-state index in [0.29, 0.717) is 6.04 Å². The van der Waals surface area contributed by atoms with Crippen LogP contribution in [0.5, 0.6) is 0 Å². The van der Waals surface area contributed by atoms with Gasteiger partial charge in [0, 0.05) is 36.9 Å². The standard InChI is InChI=1S/C18H29N3/c1-12(2)19-9-17-13(3)8-14(4)20-18(17)21-10-15-6-5-7-16(15)11-21/h8,12,15-16,19H,5-7,9-11H2,1-4H3. The van der Waals surface area contributed by atoms with Crippen molar-refractivity contribution in [3.8, 4) is 0 Å². The van der Waals surface area contributed by atoms with E-state index in [1.165, 1.54) is 49.3 Å². The molecule has 1 N–H and O–H groups in total. The first-order valence-corrected chi connectivity index (χ1v) is 8.50. The van der Waals surface area contributed by atoms with Gasteiger partial charge in [-0.3, -0.25) is 0 Å². The largest absolute Gasteiger partial charge is 0.356 e. The van der Waals surface area contributed by atoms with Gasteiger partial charge in [-0.05, 0) is 50.2 Å². The van der Waals surface area contributed by atoms with Crippen LogP contribution in [0.4, 0.5) is 5.82 Å². The fraction of sp³-hybridized carbons (Fsp3) is 0.722. The second-order valence-electron chi connectivity index (χ2n) is 7.27. The quantitative estimate of drug-likeness (QED) is 0.919. The zero-order valence-electron chi connectivity index (χ0n) is 13.9. The monoisotopic (exact) mass is 287 g/mol. The highest BCUT2D eigenvalue weighted by atomic mass is 15.2. The van der Waals surface area contributed by atoms with Crippen molar-refractivity contribution >= 4 is 5.82 Å². The Balaban J connectivity index is 1.86. The zero-order chi connectivity index (χ0) is 15.0. The van der Waals surface area contributed by atoms with Gasteiger partial charge in [0.2, 0.25) is 0 Å². The normalized spacial score (nSPS) is 24.9. The highest BCUT2D eigenvalue weighted by Crippen LogP contribution is 2.40. The van der Waals surface area contributed by atoms with E-state index >= 15 is 0 Å². The summed E-state index contributed by atoms with van der Waals surface area (Å²) < 4.78 is 0. The molecule has 1 aromatic rings. The molecular weight excluding hydrogens is 258 g/mol. The molecule has 2 aliphatic rings. The third-order valence-corrected chi connectivity index (χ3v) is 5.17. The number of hydrogen-bond acceptors (Lipinski definition) is 3. The molecule has 0 bridgehead atoms. The first kappa shape index (κ1) is 14.8. The average Bonchev–Trinajstić information content (AvgIpc) is 2.96. The van der Waals surface area contributed by atoms with Gasteiger partial charge in [-0.15, -0.1) is 0 Å². The Hall–Kier alpha value is -1.09. The van der Waals surface area contributed by atoms with Gasteiger partial charge in [0.05, 0.1) is 0 Å². The number of nitrogens with one attached hydrogen (secondary N) is 1. The summed E-state index contributed by atoms with van der Waals surface area (Å²) in [6, 6.07) is 2.73. The average molecular weight is 287 g/mol. The number of anilines is 1. The van der Waals surface area contributed by atoms with E-state index in [4.69, 9.17) is 4.98 Å². The summed E-state index contributed by atoms with van der Waals surface area (Å²) in [5.41, 5.74) is 3.92. The number of pyridine rings is 1. The third-order valence-electron chi connectivity index (χ3n) is 5.17. The van der Waals surface area contributed by atoms with Crippen molar-refractivity contribution in [1.29, 1.82) is 0 Å². The molecule has 1 aliphatic heterocycles. The van der Waals surface area contributed by atoms with Gasteiger partial charge in [-0.2, -0.15) is 0 Å². The lowest BCUT2D eigenvalue weighted by molar-refractivity contribution is 0.494. The summed E-state index contributed by atoms with van der Waals surface area (Å²) in [5, 5.41) is 3.57. The molecule has 116 valence electrons. The lowest BCUT2D eigenvalue weighted by atomic mass is 10.0. The summed E-state index contributed by atoms with van der Waals surface area (Å²) >= 11 is 0. The molecule has 0 spiro atoms. The van der Waals surface area contributed by atoms with Crippen molar-refractivity contribution in [3.05, 3.63) is 22.9 Å². The fourth-order valence-electron chi connectivity index (χ4n) is 4.04. The molecule has 2 atom stereocenters. The van der Waals surface area contributed by atoms with E-state index in [9.17, 15) is 0 Å². The van der Waals surface area contributed by atoms with Gasteiger partial charge in [0.25, 0.3) is 0 Å². The highest BCUT2D eigenvalue weighted by molar-refractivity contribution is 5.52. The van der Waals surface area contributed by atoms with Crippen LogP contribution in [0.25, 0.3) is 0 Å². The molecule has 2 unspecified atom stereocenters. The van der Waals surface area contributed by atoms with Crippen molar-refractivity contribution in [2.75, 3.05) is 18.0 Å². The minimum Gasteiger partial charge on any atom is -0.356 e. The fourth-order valence-corrected chi connectivity index (χ4v) is 4.04. The molecule has 3 rings (SSSR count). The van der Waals surface area contributed by atoms with Crippen molar-refractivity contribution in [3.63, 3.8) is 0 Å². The van der Waals surface area contributed by atoms with Crippen LogP contribution in [0.1, 0.15) is 49.9 Å². The minimum atomic E-state index is 0.511. The van der Waals surface area contributed by atoms with Crippen molar-refractivity contribution < 1.29 is 0 Å². The second kappa shape index (κ2) is 5.96. The van der Waals surface area contributed by atoms with Gasteiger partial charge in [-0.1, -0.05) is 20.3 Å². The summed E-state index contributed by atoms with van der Waals surface area (Å²) in [6.45, 7) is 12.1. The predicted molar refractivity (Wildman–Crippen MR) is 88.7 cm³/mol. The van der Waals surface area contributed by atoms with Crippen molar-refractivity contribution in [1.82, 2.24) is 10.3 Å². The Morgan fingerprint density at radius 3 is 2.52 bits per heavy atom. The topological polar surface area (TPSA) is 28.2 Å². The number of fused-ring (bicyclic) bond motifs is 1. The summed E-state index contributed by atoms with van der Waals surface area (Å²) in [6.07, 6.45) is 4.28. The molecular formula is C18H29N3. The third kappa shape index (κ3) is 3.08. The maximum atomic E-state index is 4.91. The molecule has 2 fully saturated rings. The molecule has 0 radical (unpaired) electrons. The Morgan fingerprint density at radius 2 is 1.90 bits per heavy atom. The lowest BCUT2D eigenvalue weighted by Gasteiger charge is -2.24. The second-order valence-corrected chi connectivity index (χ2v) is 7.27. The lowest BCUT2D eigenvalue weighted by Crippen LogP contribution is -2.28. The van der Waals surface area contributed by atoms with Crippen LogP contribution < -0.4 is 10.2 Å². The molecule has 3 nitrogen and oxygen atoms in total. The number of rotatable bonds is 4. The van der Waals surface area contributed by atoms with E-state index in [0.717, 1.165) is 24.1 Å². The van der Waals surface area contributed by atoms with Crippen LogP contribution in [0.3, 0.4) is 0 Å². The molecule has 0 amide bonds. The van der Waals surface area contributed by atoms with Crippen LogP contribution in [-0.4, -0.2) is 24.1 Å². The first-order chi connectivity index (χ1) is 10.0. The Morgan fingerprint density at radius 1 is 1.24 bits per heavy atom. The number of nitrogens with zero attached hydrogens (tertiary/aromatic N) is 2. The van der Waals surface area contributed by atoms with E-state index in [-0.39, 0.29) is 0 Å². The number of hydrogen-bond donors (Lipinski definition) is 1. The zero-order valence-corrected chi connectivity index (χ0v) is 13.9. The molecule has 1 aliphatic carbocycles. The van der Waals surface area contributed by atoms with Gasteiger partial charge in [-0.25, -0.2) is 4.98 Å². The molecule has 3 heteroatoms. The van der Waals surface area contributed by atoms with Crippen LogP contribution in [0.2, 0.25) is 0 Å². The van der Waals surface area contributed by atoms with Crippen LogP contribution in [0, 0.1) is 25.7 Å². The van der Waals surface area contributed by atoms with Crippen LogP contribution >= 0.6 is 0 Å². The minimum absolute atomic E-state index is 0.511. The molecule has 1 saturated carbocycles. The number of aryl methyl sites for hydroxylation is 2. The highest BCUT2D eigenvalue weighted by Gasteiger charge is 2.37. The maximum Gasteiger partial charge on any atom is 0.133 e. The SMILES string of the molecule is Cc1cc(C)c(CNC(C)C)c(N2CC3CCCC3C2)n1. The smallest absolute Gasteiger partial charge is 0.133 e. The van der Waals surface area contributed by atoms with Gasteiger partial charge in [0.1, 0.15) is 5.82 Å². The van der Waals surface area contributed by atoms with Crippen LogP contribution in [0.15, 0.2) is 6.07 Å². The van der Waals surface area contributed by atoms with E-state index in [2.05, 4.69) is 44.0 Å². The van der Waals surface area contributed by atoms with Gasteiger partial charge in [0.15, 0.2) is 0 Å². The number of aromatic nitrogens is 1. The molecule has 0 aromatic carbocycles. The van der Waals surface area contributed by atoms with Crippen molar-refractivity contribution in [2.45, 2.75) is 59.5 Å². The molecule has 2 heterocycles. The first-order valence-electron chi connectivity index (χ1n) is 8.50. The van der Waals surface area contributed by atoms with E-state index < -0.39 is 0 Å². The van der Waals surface area contributed by atoms with Gasteiger partial charge < -0.3 is 10.2 Å². The Labute approximate surface area is 129 Å². The predicted octanol–water partition coefficient (Wildman–Crippen LogP) is 3.43. The van der Waals surface area contributed by atoms with Crippen molar-refractivity contribution in [2.24, 2.45) is 11.8 Å². The summed E-state index contributed by atoms with van der Waals surface area (Å²) in [7, 11) is 0. The van der Waals surface area contributed by atoms with E-state index in [1.54, 1.807) is 0 Å². The summed E-state index contributed by atoms with van der Waals surface area (Å²) in [4.78, 5) is 7.47. The van der Waals surface area contributed by atoms with Gasteiger partial charge >= 0.3 is 0 Å².